The van der Waals surface area contributed by atoms with E-state index in [1.165, 1.54) is 11.3 Å². The Bertz CT molecular complexity index is 893. The Morgan fingerprint density at radius 1 is 1.00 bits per heavy atom. The molecule has 28 heavy (non-hydrogen) atoms. The van der Waals surface area contributed by atoms with Gasteiger partial charge in [-0.2, -0.15) is 0 Å². The van der Waals surface area contributed by atoms with Crippen LogP contribution in [0.3, 0.4) is 0 Å². The van der Waals surface area contributed by atoms with Crippen LogP contribution in [0.1, 0.15) is 22.3 Å². The number of hydrogen-bond acceptors (Lipinski definition) is 4. The Morgan fingerprint density at radius 3 is 2.46 bits per heavy atom. The summed E-state index contributed by atoms with van der Waals surface area (Å²) in [5.74, 6) is 0.781. The van der Waals surface area contributed by atoms with E-state index in [2.05, 4.69) is 39.5 Å². The third-order valence-electron chi connectivity index (χ3n) is 4.35. The first kappa shape index (κ1) is 19.4. The number of benzene rings is 2. The smallest absolute Gasteiger partial charge is 0.256 e. The maximum Gasteiger partial charge on any atom is 0.256 e. The minimum absolute atomic E-state index is 0.179. The molecule has 0 aliphatic heterocycles. The summed E-state index contributed by atoms with van der Waals surface area (Å²) in [5.41, 5.74) is 2.87. The molecule has 2 aromatic carbocycles. The van der Waals surface area contributed by atoms with Gasteiger partial charge in [0.2, 0.25) is 5.88 Å². The molecule has 0 saturated carbocycles. The lowest BCUT2D eigenvalue weighted by Crippen LogP contribution is -2.25. The molecular weight excluding hydrogens is 350 g/mol. The fourth-order valence-corrected chi connectivity index (χ4v) is 2.80. The normalized spacial score (nSPS) is 10.4. The Balaban J connectivity index is 1.52. The zero-order valence-electron chi connectivity index (χ0n) is 16.3. The number of carbonyl (C=O) groups is 1. The molecule has 1 N–H and O–H groups in total. The number of para-hydroxylation sites is 1. The molecule has 1 heterocycles. The number of rotatable bonds is 8. The van der Waals surface area contributed by atoms with Gasteiger partial charge in [0.15, 0.2) is 0 Å². The number of aryl methyl sites for hydroxylation is 1. The summed E-state index contributed by atoms with van der Waals surface area (Å²) in [6.07, 6.45) is 3.39. The molecule has 0 spiro atoms. The first-order chi connectivity index (χ1) is 13.6. The summed E-state index contributed by atoms with van der Waals surface area (Å²) in [6, 6.07) is 21.3. The highest BCUT2D eigenvalue weighted by Crippen LogP contribution is 2.22. The molecule has 3 rings (SSSR count). The van der Waals surface area contributed by atoms with E-state index in [9.17, 15) is 4.79 Å². The average molecular weight is 375 g/mol. The lowest BCUT2D eigenvalue weighted by atomic mass is 10.1. The predicted octanol–water partition coefficient (Wildman–Crippen LogP) is 4.30. The molecule has 3 aromatic rings. The molecule has 1 aromatic heterocycles. The number of nitrogens with zero attached hydrogens (tertiary/aromatic N) is 2. The highest BCUT2D eigenvalue weighted by Gasteiger charge is 2.13. The number of ether oxygens (including phenoxy) is 1. The topological polar surface area (TPSA) is 54.5 Å². The number of nitrogens with one attached hydrogen (secondary N) is 1. The van der Waals surface area contributed by atoms with Crippen molar-refractivity contribution in [3.05, 3.63) is 84.1 Å². The van der Waals surface area contributed by atoms with Crippen LogP contribution in [0.2, 0.25) is 0 Å². The third-order valence-corrected chi connectivity index (χ3v) is 4.35. The number of hydrogen-bond donors (Lipinski definition) is 1. The Hall–Kier alpha value is -3.34. The van der Waals surface area contributed by atoms with Gasteiger partial charge in [-0.05, 0) is 54.8 Å². The second-order valence-corrected chi connectivity index (χ2v) is 6.69. The molecule has 0 bridgehead atoms. The van der Waals surface area contributed by atoms with Crippen LogP contribution in [-0.2, 0) is 6.42 Å². The van der Waals surface area contributed by atoms with Crippen LogP contribution in [0.5, 0.6) is 11.6 Å². The second kappa shape index (κ2) is 9.55. The highest BCUT2D eigenvalue weighted by atomic mass is 16.5. The second-order valence-electron chi connectivity index (χ2n) is 6.69. The Kier molecular flexibility index (Phi) is 6.63. The zero-order chi connectivity index (χ0) is 19.8. The van der Waals surface area contributed by atoms with Gasteiger partial charge in [0.1, 0.15) is 11.3 Å². The van der Waals surface area contributed by atoms with E-state index in [0.717, 1.165) is 12.8 Å². The lowest BCUT2D eigenvalue weighted by Gasteiger charge is -2.13. The van der Waals surface area contributed by atoms with Gasteiger partial charge in [0.05, 0.1) is 0 Å². The van der Waals surface area contributed by atoms with Crippen molar-refractivity contribution in [3.8, 4) is 11.6 Å². The molecule has 0 atom stereocenters. The number of carbonyl (C=O) groups excluding carboxylic acids is 1. The first-order valence-electron chi connectivity index (χ1n) is 9.36. The van der Waals surface area contributed by atoms with Crippen LogP contribution in [0, 0.1) is 0 Å². The van der Waals surface area contributed by atoms with E-state index in [1.54, 1.807) is 18.3 Å². The van der Waals surface area contributed by atoms with Crippen LogP contribution < -0.4 is 15.0 Å². The van der Waals surface area contributed by atoms with Gasteiger partial charge < -0.3 is 15.0 Å². The van der Waals surface area contributed by atoms with Gasteiger partial charge in [0, 0.05) is 32.5 Å². The predicted molar refractivity (Wildman–Crippen MR) is 112 cm³/mol. The minimum atomic E-state index is -0.179. The Morgan fingerprint density at radius 2 is 1.75 bits per heavy atom. The Labute approximate surface area is 166 Å². The summed E-state index contributed by atoms with van der Waals surface area (Å²) in [7, 11) is 4.05. The SMILES string of the molecule is CN(C)c1ccc(CCCNC(=O)c2cccnc2Oc2ccccc2)cc1. The molecule has 0 saturated heterocycles. The number of aromatic nitrogens is 1. The van der Waals surface area contributed by atoms with Crippen LogP contribution in [0.4, 0.5) is 5.69 Å². The average Bonchev–Trinajstić information content (AvgIpc) is 2.72. The van der Waals surface area contributed by atoms with E-state index < -0.39 is 0 Å². The van der Waals surface area contributed by atoms with Crippen molar-refractivity contribution in [2.45, 2.75) is 12.8 Å². The van der Waals surface area contributed by atoms with E-state index in [-0.39, 0.29) is 5.91 Å². The maximum absolute atomic E-state index is 12.6. The van der Waals surface area contributed by atoms with Crippen molar-refractivity contribution in [3.63, 3.8) is 0 Å². The number of amides is 1. The van der Waals surface area contributed by atoms with Crippen LogP contribution in [0.15, 0.2) is 72.9 Å². The van der Waals surface area contributed by atoms with Gasteiger partial charge in [-0.25, -0.2) is 4.98 Å². The summed E-state index contributed by atoms with van der Waals surface area (Å²) in [6.45, 7) is 0.591. The van der Waals surface area contributed by atoms with Crippen molar-refractivity contribution < 1.29 is 9.53 Å². The molecule has 0 unspecified atom stereocenters. The molecular formula is C23H25N3O2. The van der Waals surface area contributed by atoms with Crippen molar-refractivity contribution in [2.24, 2.45) is 0 Å². The monoisotopic (exact) mass is 375 g/mol. The van der Waals surface area contributed by atoms with Crippen molar-refractivity contribution in [1.82, 2.24) is 10.3 Å². The van der Waals surface area contributed by atoms with E-state index in [4.69, 9.17) is 4.74 Å². The zero-order valence-corrected chi connectivity index (χ0v) is 16.3. The summed E-state index contributed by atoms with van der Waals surface area (Å²) in [4.78, 5) is 18.8. The van der Waals surface area contributed by atoms with Gasteiger partial charge in [0.25, 0.3) is 5.91 Å². The number of pyridine rings is 1. The largest absolute Gasteiger partial charge is 0.438 e. The van der Waals surface area contributed by atoms with Gasteiger partial charge >= 0.3 is 0 Å². The molecule has 0 radical (unpaired) electrons. The van der Waals surface area contributed by atoms with Crippen molar-refractivity contribution >= 4 is 11.6 Å². The molecule has 0 aliphatic carbocycles. The van der Waals surface area contributed by atoms with Crippen molar-refractivity contribution in [2.75, 3.05) is 25.5 Å². The van der Waals surface area contributed by atoms with Gasteiger partial charge in [-0.1, -0.05) is 30.3 Å². The van der Waals surface area contributed by atoms with Crippen LogP contribution in [-0.4, -0.2) is 31.5 Å². The fraction of sp³-hybridized carbons (Fsp3) is 0.217. The standard InChI is InChI=1S/C23H25N3O2/c1-26(2)19-14-12-18(13-15-19)8-6-16-24-22(27)21-11-7-17-25-23(21)28-20-9-4-3-5-10-20/h3-5,7,9-15,17H,6,8,16H2,1-2H3,(H,24,27). The highest BCUT2D eigenvalue weighted by molar-refractivity contribution is 5.96. The fourth-order valence-electron chi connectivity index (χ4n) is 2.80. The van der Waals surface area contributed by atoms with E-state index in [1.807, 2.05) is 44.4 Å². The molecule has 5 heteroatoms. The van der Waals surface area contributed by atoms with E-state index >= 15 is 0 Å². The van der Waals surface area contributed by atoms with Crippen LogP contribution in [0.25, 0.3) is 0 Å². The third kappa shape index (κ3) is 5.33. The summed E-state index contributed by atoms with van der Waals surface area (Å²) >= 11 is 0. The summed E-state index contributed by atoms with van der Waals surface area (Å²) in [5, 5.41) is 2.96. The van der Waals surface area contributed by atoms with Crippen LogP contribution >= 0.6 is 0 Å². The maximum atomic E-state index is 12.6. The molecule has 5 nitrogen and oxygen atoms in total. The molecule has 1 amide bonds. The molecule has 144 valence electrons. The minimum Gasteiger partial charge on any atom is -0.438 e. The van der Waals surface area contributed by atoms with Gasteiger partial charge in [-0.3, -0.25) is 4.79 Å². The molecule has 0 fully saturated rings. The lowest BCUT2D eigenvalue weighted by molar-refractivity contribution is 0.0950. The quantitative estimate of drug-likeness (QED) is 0.597. The van der Waals surface area contributed by atoms with Crippen molar-refractivity contribution in [1.29, 1.82) is 0 Å². The summed E-state index contributed by atoms with van der Waals surface area (Å²) < 4.78 is 5.76. The number of anilines is 1. The van der Waals surface area contributed by atoms with Gasteiger partial charge in [-0.15, -0.1) is 0 Å². The first-order valence-corrected chi connectivity index (χ1v) is 9.36. The molecule has 0 aliphatic rings. The van der Waals surface area contributed by atoms with E-state index in [0.29, 0.717) is 23.7 Å².